The lowest BCUT2D eigenvalue weighted by Crippen LogP contribution is -2.16. The fourth-order valence-corrected chi connectivity index (χ4v) is 2.05. The zero-order chi connectivity index (χ0) is 12.3. The van der Waals surface area contributed by atoms with Crippen molar-refractivity contribution in [2.45, 2.75) is 12.5 Å². The van der Waals surface area contributed by atoms with Crippen molar-refractivity contribution in [3.8, 4) is 5.75 Å². The van der Waals surface area contributed by atoms with Crippen LogP contribution in [0.5, 0.6) is 5.75 Å². The van der Waals surface area contributed by atoms with Crippen molar-refractivity contribution in [3.05, 3.63) is 27.7 Å². The van der Waals surface area contributed by atoms with Crippen molar-refractivity contribution >= 4 is 21.9 Å². The maximum atomic E-state index is 10.8. The molecule has 1 rings (SSSR count). The summed E-state index contributed by atoms with van der Waals surface area (Å²) >= 11 is 3.23. The molecule has 1 aromatic rings. The Kier molecular flexibility index (Phi) is 4.28. The molecule has 6 heteroatoms. The molecular formula is C10H13BrN2O3. The van der Waals surface area contributed by atoms with E-state index in [9.17, 15) is 9.90 Å². The molecule has 0 heterocycles. The number of carboxylic acid groups (broad SMARTS) is 1. The van der Waals surface area contributed by atoms with Crippen molar-refractivity contribution in [3.63, 3.8) is 0 Å². The number of aromatic carboxylic acids is 1. The molecule has 0 spiro atoms. The Balaban J connectivity index is 3.26. The molecule has 0 saturated carbocycles. The van der Waals surface area contributed by atoms with E-state index in [0.29, 0.717) is 23.0 Å². The van der Waals surface area contributed by atoms with Gasteiger partial charge in [0.15, 0.2) is 0 Å². The number of benzene rings is 1. The molecule has 88 valence electrons. The minimum atomic E-state index is -1.19. The monoisotopic (exact) mass is 288 g/mol. The van der Waals surface area contributed by atoms with E-state index in [4.69, 9.17) is 16.6 Å². The number of nitrogens with two attached hydrogens (primary N) is 2. The van der Waals surface area contributed by atoms with Gasteiger partial charge in [0, 0.05) is 16.1 Å². The number of carboxylic acids is 1. The molecule has 0 aromatic heterocycles. The largest absolute Gasteiger partial charge is 0.507 e. The molecule has 0 unspecified atom stereocenters. The van der Waals surface area contributed by atoms with Crippen molar-refractivity contribution in [1.29, 1.82) is 0 Å². The molecule has 0 aliphatic rings. The summed E-state index contributed by atoms with van der Waals surface area (Å²) in [6.07, 6.45) is 0.467. The molecule has 0 bridgehead atoms. The molecule has 0 amide bonds. The van der Waals surface area contributed by atoms with Crippen LogP contribution in [0.4, 0.5) is 0 Å². The Bertz CT molecular complexity index is 409. The van der Waals surface area contributed by atoms with Crippen LogP contribution in [-0.2, 0) is 0 Å². The van der Waals surface area contributed by atoms with Gasteiger partial charge in [0.05, 0.1) is 0 Å². The summed E-state index contributed by atoms with van der Waals surface area (Å²) in [4.78, 5) is 10.8. The van der Waals surface area contributed by atoms with Crippen LogP contribution in [-0.4, -0.2) is 22.7 Å². The number of hydrogen-bond donors (Lipinski definition) is 4. The average molecular weight is 289 g/mol. The summed E-state index contributed by atoms with van der Waals surface area (Å²) in [6.45, 7) is 0.365. The van der Waals surface area contributed by atoms with E-state index in [0.717, 1.165) is 0 Å². The standard InChI is InChI=1S/C10H13BrN2O3/c11-6-2-1-5(10(15)16)9(14)8(6)7(13)3-4-12/h1-2,7,14H,3-4,12-13H2,(H,15,16)/t7-/m0/s1. The quantitative estimate of drug-likeness (QED) is 0.666. The molecule has 0 fully saturated rings. The minimum absolute atomic E-state index is 0.161. The van der Waals surface area contributed by atoms with Crippen LogP contribution in [0.3, 0.4) is 0 Å². The average Bonchev–Trinajstić information content (AvgIpc) is 2.17. The van der Waals surface area contributed by atoms with Crippen LogP contribution in [0.2, 0.25) is 0 Å². The third kappa shape index (κ3) is 2.52. The predicted octanol–water partition coefficient (Wildman–Crippen LogP) is 1.20. The molecular weight excluding hydrogens is 276 g/mol. The van der Waals surface area contributed by atoms with Crippen molar-refractivity contribution in [2.75, 3.05) is 6.54 Å². The molecule has 0 aliphatic carbocycles. The lowest BCUT2D eigenvalue weighted by molar-refractivity contribution is 0.0693. The third-order valence-corrected chi connectivity index (χ3v) is 2.93. The second-order valence-corrected chi connectivity index (χ2v) is 4.20. The van der Waals surface area contributed by atoms with Gasteiger partial charge in [0.25, 0.3) is 0 Å². The number of hydrogen-bond acceptors (Lipinski definition) is 4. The predicted molar refractivity (Wildman–Crippen MR) is 63.4 cm³/mol. The highest BCUT2D eigenvalue weighted by Gasteiger charge is 2.20. The van der Waals surface area contributed by atoms with Gasteiger partial charge in [-0.3, -0.25) is 0 Å². The second kappa shape index (κ2) is 5.29. The van der Waals surface area contributed by atoms with Gasteiger partial charge in [-0.1, -0.05) is 15.9 Å². The Morgan fingerprint density at radius 2 is 2.12 bits per heavy atom. The highest BCUT2D eigenvalue weighted by atomic mass is 79.9. The van der Waals surface area contributed by atoms with Gasteiger partial charge in [-0.2, -0.15) is 0 Å². The van der Waals surface area contributed by atoms with E-state index in [-0.39, 0.29) is 11.3 Å². The highest BCUT2D eigenvalue weighted by molar-refractivity contribution is 9.10. The number of halogens is 1. The molecule has 1 aromatic carbocycles. The van der Waals surface area contributed by atoms with Gasteiger partial charge in [0.1, 0.15) is 11.3 Å². The van der Waals surface area contributed by atoms with E-state index in [1.165, 1.54) is 6.07 Å². The van der Waals surface area contributed by atoms with Crippen LogP contribution < -0.4 is 11.5 Å². The van der Waals surface area contributed by atoms with Crippen LogP contribution >= 0.6 is 15.9 Å². The number of aromatic hydroxyl groups is 1. The first kappa shape index (κ1) is 13.0. The maximum Gasteiger partial charge on any atom is 0.339 e. The van der Waals surface area contributed by atoms with Gasteiger partial charge in [-0.25, -0.2) is 4.79 Å². The zero-order valence-electron chi connectivity index (χ0n) is 8.48. The van der Waals surface area contributed by atoms with Crippen LogP contribution in [0.25, 0.3) is 0 Å². The van der Waals surface area contributed by atoms with E-state index in [2.05, 4.69) is 15.9 Å². The zero-order valence-corrected chi connectivity index (χ0v) is 10.1. The van der Waals surface area contributed by atoms with Gasteiger partial charge in [-0.15, -0.1) is 0 Å². The minimum Gasteiger partial charge on any atom is -0.507 e. The number of carbonyl (C=O) groups is 1. The maximum absolute atomic E-state index is 10.8. The van der Waals surface area contributed by atoms with Crippen LogP contribution in [0, 0.1) is 0 Å². The van der Waals surface area contributed by atoms with E-state index < -0.39 is 12.0 Å². The second-order valence-electron chi connectivity index (χ2n) is 3.35. The molecule has 5 nitrogen and oxygen atoms in total. The Labute approximate surface area is 101 Å². The third-order valence-electron chi connectivity index (χ3n) is 2.24. The number of phenols is 1. The van der Waals surface area contributed by atoms with E-state index in [1.807, 2.05) is 0 Å². The molecule has 1 atom stereocenters. The van der Waals surface area contributed by atoms with Crippen molar-refractivity contribution in [1.82, 2.24) is 0 Å². The van der Waals surface area contributed by atoms with Gasteiger partial charge in [0.2, 0.25) is 0 Å². The Hall–Kier alpha value is -1.11. The fraction of sp³-hybridized carbons (Fsp3) is 0.300. The molecule has 6 N–H and O–H groups in total. The summed E-state index contributed by atoms with van der Waals surface area (Å²) in [7, 11) is 0. The smallest absolute Gasteiger partial charge is 0.339 e. The Morgan fingerprint density at radius 1 is 1.50 bits per heavy atom. The molecule has 0 aliphatic heterocycles. The first-order valence-electron chi connectivity index (χ1n) is 4.69. The summed E-state index contributed by atoms with van der Waals surface area (Å²) < 4.78 is 0.580. The number of rotatable bonds is 4. The lowest BCUT2D eigenvalue weighted by atomic mass is 10.0. The first-order chi connectivity index (χ1) is 7.49. The topological polar surface area (TPSA) is 110 Å². The van der Waals surface area contributed by atoms with Gasteiger partial charge >= 0.3 is 5.97 Å². The van der Waals surface area contributed by atoms with Crippen molar-refractivity contribution < 1.29 is 15.0 Å². The highest BCUT2D eigenvalue weighted by Crippen LogP contribution is 2.34. The summed E-state index contributed by atoms with van der Waals surface area (Å²) in [5.41, 5.74) is 11.4. The summed E-state index contributed by atoms with van der Waals surface area (Å²) in [5, 5.41) is 18.7. The molecule has 0 saturated heterocycles. The molecule has 0 radical (unpaired) electrons. The SMILES string of the molecule is NCC[C@H](N)c1c(Br)ccc(C(=O)O)c1O. The van der Waals surface area contributed by atoms with E-state index >= 15 is 0 Å². The Morgan fingerprint density at radius 3 is 2.62 bits per heavy atom. The van der Waals surface area contributed by atoms with Crippen molar-refractivity contribution in [2.24, 2.45) is 11.5 Å². The first-order valence-corrected chi connectivity index (χ1v) is 5.48. The summed E-state index contributed by atoms with van der Waals surface area (Å²) in [6, 6.07) is 2.38. The fourth-order valence-electron chi connectivity index (χ4n) is 1.43. The van der Waals surface area contributed by atoms with Crippen LogP contribution in [0.15, 0.2) is 16.6 Å². The van der Waals surface area contributed by atoms with E-state index in [1.54, 1.807) is 6.07 Å². The summed E-state index contributed by atoms with van der Waals surface area (Å²) in [5.74, 6) is -1.49. The lowest BCUT2D eigenvalue weighted by Gasteiger charge is -2.15. The van der Waals surface area contributed by atoms with Gasteiger partial charge in [-0.05, 0) is 25.1 Å². The molecule has 16 heavy (non-hydrogen) atoms. The van der Waals surface area contributed by atoms with Crippen LogP contribution in [0.1, 0.15) is 28.4 Å². The van der Waals surface area contributed by atoms with Gasteiger partial charge < -0.3 is 21.7 Å². The normalized spacial score (nSPS) is 12.4.